The summed E-state index contributed by atoms with van der Waals surface area (Å²) in [6, 6.07) is 18.5. The fraction of sp³-hybridized carbons (Fsp3) is 0.190. The highest BCUT2D eigenvalue weighted by atomic mass is 35.5. The summed E-state index contributed by atoms with van der Waals surface area (Å²) >= 11 is 6.03. The lowest BCUT2D eigenvalue weighted by Gasteiger charge is -2.30. The molecule has 0 spiro atoms. The minimum Gasteiger partial charge on any atom is -0.451 e. The zero-order chi connectivity index (χ0) is 18.6. The number of hydrogen-bond acceptors (Lipinski definition) is 4. The third-order valence-electron chi connectivity index (χ3n) is 4.44. The summed E-state index contributed by atoms with van der Waals surface area (Å²) in [5.41, 5.74) is 2.57. The van der Waals surface area contributed by atoms with Gasteiger partial charge in [0.2, 0.25) is 0 Å². The predicted octanol–water partition coefficient (Wildman–Crippen LogP) is 4.69. The summed E-state index contributed by atoms with van der Waals surface area (Å²) in [5.74, 6) is 0.565. The molecule has 3 aromatic rings. The van der Waals surface area contributed by atoms with Crippen molar-refractivity contribution in [2.45, 2.75) is 0 Å². The first-order chi connectivity index (χ1) is 13.2. The Morgan fingerprint density at radius 1 is 1.00 bits per heavy atom. The maximum Gasteiger partial charge on any atom is 0.291 e. The van der Waals surface area contributed by atoms with E-state index >= 15 is 0 Å². The van der Waals surface area contributed by atoms with Crippen molar-refractivity contribution < 1.29 is 13.9 Å². The van der Waals surface area contributed by atoms with Crippen LogP contribution in [-0.2, 0) is 4.74 Å². The molecule has 1 fully saturated rings. The first-order valence-electron chi connectivity index (χ1n) is 8.79. The summed E-state index contributed by atoms with van der Waals surface area (Å²) in [6.45, 7) is 2.96. The van der Waals surface area contributed by atoms with Crippen LogP contribution >= 0.6 is 11.6 Å². The Kier molecular flexibility index (Phi) is 5.14. The Morgan fingerprint density at radius 3 is 2.63 bits per heavy atom. The number of nitrogens with zero attached hydrogens (tertiary/aromatic N) is 1. The van der Waals surface area contributed by atoms with Crippen molar-refractivity contribution in [3.8, 4) is 11.3 Å². The molecule has 1 aliphatic rings. The van der Waals surface area contributed by atoms with Crippen molar-refractivity contribution in [2.24, 2.45) is 0 Å². The molecule has 0 atom stereocenters. The van der Waals surface area contributed by atoms with E-state index in [2.05, 4.69) is 10.2 Å². The smallest absolute Gasteiger partial charge is 0.291 e. The minimum atomic E-state index is -0.288. The van der Waals surface area contributed by atoms with Crippen LogP contribution in [-0.4, -0.2) is 32.2 Å². The SMILES string of the molecule is O=C(Nc1ccccc1N1CCOCC1)c1ccc(-c2cccc(Cl)c2)o1. The number of ether oxygens (including phenoxy) is 1. The zero-order valence-electron chi connectivity index (χ0n) is 14.7. The second-order valence-electron chi connectivity index (χ2n) is 6.24. The van der Waals surface area contributed by atoms with E-state index in [4.69, 9.17) is 20.8 Å². The first-order valence-corrected chi connectivity index (χ1v) is 9.17. The average molecular weight is 383 g/mol. The van der Waals surface area contributed by atoms with Gasteiger partial charge in [-0.15, -0.1) is 0 Å². The van der Waals surface area contributed by atoms with Crippen molar-refractivity contribution in [1.82, 2.24) is 0 Å². The summed E-state index contributed by atoms with van der Waals surface area (Å²) < 4.78 is 11.2. The van der Waals surface area contributed by atoms with E-state index in [1.165, 1.54) is 0 Å². The van der Waals surface area contributed by atoms with Gasteiger partial charge in [-0.25, -0.2) is 0 Å². The molecular weight excluding hydrogens is 364 g/mol. The number of carbonyl (C=O) groups is 1. The molecule has 138 valence electrons. The third-order valence-corrected chi connectivity index (χ3v) is 4.68. The van der Waals surface area contributed by atoms with Crippen LogP contribution in [0.5, 0.6) is 0 Å². The molecule has 1 aliphatic heterocycles. The quantitative estimate of drug-likeness (QED) is 0.711. The summed E-state index contributed by atoms with van der Waals surface area (Å²) in [6.07, 6.45) is 0. The number of morpholine rings is 1. The highest BCUT2D eigenvalue weighted by Crippen LogP contribution is 2.28. The van der Waals surface area contributed by atoms with E-state index in [1.807, 2.05) is 36.4 Å². The number of halogens is 1. The van der Waals surface area contributed by atoms with Gasteiger partial charge in [0, 0.05) is 23.7 Å². The van der Waals surface area contributed by atoms with E-state index in [9.17, 15) is 4.79 Å². The topological polar surface area (TPSA) is 54.7 Å². The van der Waals surface area contributed by atoms with Crippen LogP contribution in [0.2, 0.25) is 5.02 Å². The fourth-order valence-corrected chi connectivity index (χ4v) is 3.29. The number of anilines is 2. The van der Waals surface area contributed by atoms with Gasteiger partial charge in [-0.1, -0.05) is 35.9 Å². The molecule has 0 radical (unpaired) electrons. The predicted molar refractivity (Wildman–Crippen MR) is 107 cm³/mol. The molecule has 0 bridgehead atoms. The Morgan fingerprint density at radius 2 is 1.81 bits per heavy atom. The maximum atomic E-state index is 12.7. The van der Waals surface area contributed by atoms with Gasteiger partial charge in [0.05, 0.1) is 24.6 Å². The van der Waals surface area contributed by atoms with Crippen molar-refractivity contribution in [3.63, 3.8) is 0 Å². The van der Waals surface area contributed by atoms with Crippen LogP contribution in [0.25, 0.3) is 11.3 Å². The molecular formula is C21H19ClN2O3. The lowest BCUT2D eigenvalue weighted by molar-refractivity contribution is 0.0997. The van der Waals surface area contributed by atoms with Gasteiger partial charge in [-0.3, -0.25) is 4.79 Å². The molecule has 4 rings (SSSR count). The second-order valence-corrected chi connectivity index (χ2v) is 6.68. The maximum absolute atomic E-state index is 12.7. The molecule has 1 N–H and O–H groups in total. The summed E-state index contributed by atoms with van der Waals surface area (Å²) in [5, 5.41) is 3.58. The van der Waals surface area contributed by atoms with Crippen molar-refractivity contribution >= 4 is 28.9 Å². The highest BCUT2D eigenvalue weighted by molar-refractivity contribution is 6.30. The second kappa shape index (κ2) is 7.86. The van der Waals surface area contributed by atoms with Gasteiger partial charge in [-0.2, -0.15) is 0 Å². The molecule has 0 aliphatic carbocycles. The normalized spacial score (nSPS) is 14.2. The summed E-state index contributed by atoms with van der Waals surface area (Å²) in [4.78, 5) is 14.9. The van der Waals surface area contributed by atoms with Crippen molar-refractivity contribution in [1.29, 1.82) is 0 Å². The molecule has 1 saturated heterocycles. The summed E-state index contributed by atoms with van der Waals surface area (Å²) in [7, 11) is 0. The number of para-hydroxylation sites is 2. The first kappa shape index (κ1) is 17.6. The van der Waals surface area contributed by atoms with Gasteiger partial charge in [0.15, 0.2) is 5.76 Å². The number of hydrogen-bond donors (Lipinski definition) is 1. The van der Waals surface area contributed by atoms with Gasteiger partial charge < -0.3 is 19.4 Å². The van der Waals surface area contributed by atoms with Gasteiger partial charge in [0.1, 0.15) is 5.76 Å². The average Bonchev–Trinajstić information content (AvgIpc) is 3.20. The van der Waals surface area contributed by atoms with Crippen LogP contribution in [0, 0.1) is 0 Å². The lowest BCUT2D eigenvalue weighted by atomic mass is 10.2. The number of amides is 1. The zero-order valence-corrected chi connectivity index (χ0v) is 15.4. The minimum absolute atomic E-state index is 0.252. The Bertz CT molecular complexity index is 948. The lowest BCUT2D eigenvalue weighted by Crippen LogP contribution is -2.36. The molecule has 5 nitrogen and oxygen atoms in total. The van der Waals surface area contributed by atoms with Crippen molar-refractivity contribution in [3.05, 3.63) is 71.4 Å². The highest BCUT2D eigenvalue weighted by Gasteiger charge is 2.18. The molecule has 27 heavy (non-hydrogen) atoms. The van der Waals surface area contributed by atoms with Crippen molar-refractivity contribution in [2.75, 3.05) is 36.5 Å². The fourth-order valence-electron chi connectivity index (χ4n) is 3.10. The number of carbonyl (C=O) groups excluding carboxylic acids is 1. The number of benzene rings is 2. The van der Waals surface area contributed by atoms with E-state index < -0.39 is 0 Å². The van der Waals surface area contributed by atoms with Crippen LogP contribution in [0.3, 0.4) is 0 Å². The number of nitrogens with one attached hydrogen (secondary N) is 1. The third kappa shape index (κ3) is 3.99. The van der Waals surface area contributed by atoms with Crippen LogP contribution < -0.4 is 10.2 Å². The Hall–Kier alpha value is -2.76. The molecule has 1 amide bonds. The molecule has 0 saturated carbocycles. The van der Waals surface area contributed by atoms with Gasteiger partial charge >= 0.3 is 0 Å². The van der Waals surface area contributed by atoms with Crippen LogP contribution in [0.4, 0.5) is 11.4 Å². The Labute approximate surface area is 162 Å². The Balaban J connectivity index is 1.53. The molecule has 0 unspecified atom stereocenters. The van der Waals surface area contributed by atoms with Gasteiger partial charge in [-0.05, 0) is 36.4 Å². The number of rotatable bonds is 4. The molecule has 2 aromatic carbocycles. The molecule has 1 aromatic heterocycles. The monoisotopic (exact) mass is 382 g/mol. The van der Waals surface area contributed by atoms with Gasteiger partial charge in [0.25, 0.3) is 5.91 Å². The molecule has 2 heterocycles. The van der Waals surface area contributed by atoms with E-state index in [0.717, 1.165) is 30.0 Å². The molecule has 6 heteroatoms. The van der Waals surface area contributed by atoms with E-state index in [0.29, 0.717) is 24.0 Å². The number of furan rings is 1. The van der Waals surface area contributed by atoms with Crippen LogP contribution in [0.1, 0.15) is 10.6 Å². The van der Waals surface area contributed by atoms with Crippen LogP contribution in [0.15, 0.2) is 65.1 Å². The van der Waals surface area contributed by atoms with E-state index in [1.54, 1.807) is 24.3 Å². The largest absolute Gasteiger partial charge is 0.451 e. The standard InChI is InChI=1S/C21H19ClN2O3/c22-16-5-3-4-15(14-16)19-8-9-20(27-19)21(25)23-17-6-1-2-7-18(17)24-10-12-26-13-11-24/h1-9,14H,10-13H2,(H,23,25). The van der Waals surface area contributed by atoms with E-state index in [-0.39, 0.29) is 11.7 Å².